The quantitative estimate of drug-likeness (QED) is 0.378. The fraction of sp³-hybridized carbons (Fsp3) is 0.240. The third-order valence-electron chi connectivity index (χ3n) is 6.40. The van der Waals surface area contributed by atoms with E-state index in [-0.39, 0.29) is 30.5 Å². The van der Waals surface area contributed by atoms with E-state index < -0.39 is 11.8 Å². The highest BCUT2D eigenvalue weighted by Crippen LogP contribution is 2.48. The molecular weight excluding hydrogens is 468 g/mol. The largest absolute Gasteiger partial charge is 0.339 e. The third-order valence-corrected chi connectivity index (χ3v) is 6.40. The van der Waals surface area contributed by atoms with Crippen LogP contribution in [0, 0.1) is 6.92 Å². The van der Waals surface area contributed by atoms with Crippen LogP contribution in [-0.4, -0.2) is 41.1 Å². The molecule has 1 aliphatic rings. The molecule has 1 aromatic carbocycles. The van der Waals surface area contributed by atoms with Crippen molar-refractivity contribution in [3.8, 4) is 22.5 Å². The van der Waals surface area contributed by atoms with Gasteiger partial charge < -0.3 is 9.84 Å². The van der Waals surface area contributed by atoms with E-state index in [0.29, 0.717) is 22.6 Å². The maximum absolute atomic E-state index is 13.2. The smallest absolute Gasteiger partial charge is 0.274 e. The van der Waals surface area contributed by atoms with E-state index in [0.717, 1.165) is 16.7 Å². The Kier molecular flexibility index (Phi) is 4.95. The second-order valence-corrected chi connectivity index (χ2v) is 9.09. The molecule has 0 aliphatic heterocycles. The molecule has 6 rings (SSSR count). The molecular formula is C25H21F2N7O2. The number of carbonyl (C=O) groups is 1. The van der Waals surface area contributed by atoms with E-state index in [4.69, 9.17) is 4.52 Å². The Labute approximate surface area is 203 Å². The number of nitrogens with zero attached hydrogens (tertiary/aromatic N) is 6. The first-order valence-corrected chi connectivity index (χ1v) is 11.4. The van der Waals surface area contributed by atoms with E-state index in [1.807, 2.05) is 44.6 Å². The first-order valence-electron chi connectivity index (χ1n) is 11.4. The van der Waals surface area contributed by atoms with Crippen LogP contribution in [0.3, 0.4) is 0 Å². The molecule has 182 valence electrons. The fourth-order valence-corrected chi connectivity index (χ4v) is 4.33. The number of rotatable bonds is 5. The molecule has 1 saturated carbocycles. The number of alkyl halides is 2. The Morgan fingerprint density at radius 1 is 1.11 bits per heavy atom. The Morgan fingerprint density at radius 2 is 1.92 bits per heavy atom. The van der Waals surface area contributed by atoms with Gasteiger partial charge >= 0.3 is 0 Å². The lowest BCUT2D eigenvalue weighted by atomic mass is 9.81. The highest BCUT2D eigenvalue weighted by molar-refractivity contribution is 6.04. The summed E-state index contributed by atoms with van der Waals surface area (Å²) in [4.78, 5) is 21.9. The number of halogens is 2. The topological polar surface area (TPSA) is 103 Å². The van der Waals surface area contributed by atoms with Crippen molar-refractivity contribution in [2.24, 2.45) is 7.05 Å². The second kappa shape index (κ2) is 8.08. The van der Waals surface area contributed by atoms with Crippen LogP contribution in [0.5, 0.6) is 0 Å². The molecule has 36 heavy (non-hydrogen) atoms. The molecule has 0 spiro atoms. The van der Waals surface area contributed by atoms with Gasteiger partial charge in [0.25, 0.3) is 5.91 Å². The standard InChI is InChI=1S/C25H21F2N7O2/c1-14-3-4-15(22-31-24(36-32-22)17-8-25(26,27)9-17)7-19(14)30-23(35)20-11-28-21-6-5-16(13-34(20)21)18-10-29-33(2)12-18/h3-7,10-13,17H,8-9H2,1-2H3,(H,30,35). The zero-order valence-electron chi connectivity index (χ0n) is 19.4. The molecule has 0 saturated heterocycles. The second-order valence-electron chi connectivity index (χ2n) is 9.09. The van der Waals surface area contributed by atoms with Crippen LogP contribution in [-0.2, 0) is 7.05 Å². The molecule has 1 amide bonds. The molecule has 0 bridgehead atoms. The number of pyridine rings is 1. The lowest BCUT2D eigenvalue weighted by Gasteiger charge is -2.31. The summed E-state index contributed by atoms with van der Waals surface area (Å²) in [6.07, 6.45) is 6.45. The summed E-state index contributed by atoms with van der Waals surface area (Å²) >= 11 is 0. The maximum atomic E-state index is 13.2. The van der Waals surface area contributed by atoms with Crippen molar-refractivity contribution in [3.05, 3.63) is 72.3 Å². The van der Waals surface area contributed by atoms with Crippen LogP contribution in [0.4, 0.5) is 14.5 Å². The van der Waals surface area contributed by atoms with Crippen molar-refractivity contribution >= 4 is 17.2 Å². The van der Waals surface area contributed by atoms with Gasteiger partial charge in [-0.05, 0) is 30.7 Å². The molecule has 1 N–H and O–H groups in total. The zero-order valence-corrected chi connectivity index (χ0v) is 19.4. The monoisotopic (exact) mass is 489 g/mol. The van der Waals surface area contributed by atoms with Crippen LogP contribution in [0.1, 0.15) is 40.7 Å². The van der Waals surface area contributed by atoms with Crippen LogP contribution < -0.4 is 5.32 Å². The Hall–Kier alpha value is -4.41. The SMILES string of the molecule is Cc1ccc(-c2noc(C3CC(F)(F)C3)n2)cc1NC(=O)c1cnc2ccc(-c3cnn(C)c3)cn12. The highest BCUT2D eigenvalue weighted by Gasteiger charge is 2.48. The first kappa shape index (κ1) is 22.1. The average molecular weight is 489 g/mol. The van der Waals surface area contributed by atoms with Gasteiger partial charge in [0.15, 0.2) is 0 Å². The van der Waals surface area contributed by atoms with Gasteiger partial charge in [-0.15, -0.1) is 0 Å². The summed E-state index contributed by atoms with van der Waals surface area (Å²) < 4.78 is 35.1. The lowest BCUT2D eigenvalue weighted by Crippen LogP contribution is -2.33. The summed E-state index contributed by atoms with van der Waals surface area (Å²) in [7, 11) is 1.84. The van der Waals surface area contributed by atoms with Crippen LogP contribution >= 0.6 is 0 Å². The van der Waals surface area contributed by atoms with E-state index in [9.17, 15) is 13.6 Å². The van der Waals surface area contributed by atoms with Crippen molar-refractivity contribution < 1.29 is 18.1 Å². The number of aryl methyl sites for hydroxylation is 2. The van der Waals surface area contributed by atoms with Crippen LogP contribution in [0.15, 0.2) is 59.6 Å². The highest BCUT2D eigenvalue weighted by atomic mass is 19.3. The molecule has 1 fully saturated rings. The number of imidazole rings is 1. The van der Waals surface area contributed by atoms with Crippen molar-refractivity contribution in [1.29, 1.82) is 0 Å². The molecule has 4 aromatic heterocycles. The van der Waals surface area contributed by atoms with E-state index >= 15 is 0 Å². The summed E-state index contributed by atoms with van der Waals surface area (Å²) in [5.74, 6) is -2.95. The number of carbonyl (C=O) groups excluding carboxylic acids is 1. The lowest BCUT2D eigenvalue weighted by molar-refractivity contribution is -0.0925. The van der Waals surface area contributed by atoms with E-state index in [1.165, 1.54) is 6.20 Å². The van der Waals surface area contributed by atoms with Gasteiger partial charge in [0.1, 0.15) is 11.3 Å². The summed E-state index contributed by atoms with van der Waals surface area (Å²) in [6, 6.07) is 9.13. The van der Waals surface area contributed by atoms with Gasteiger partial charge in [0.2, 0.25) is 17.6 Å². The molecule has 5 aromatic rings. The molecule has 11 heteroatoms. The van der Waals surface area contributed by atoms with E-state index in [1.54, 1.807) is 27.4 Å². The Morgan fingerprint density at radius 3 is 2.67 bits per heavy atom. The summed E-state index contributed by atoms with van der Waals surface area (Å²) in [5.41, 5.74) is 4.84. The summed E-state index contributed by atoms with van der Waals surface area (Å²) in [5, 5.41) is 11.1. The number of benzene rings is 1. The molecule has 1 aliphatic carbocycles. The van der Waals surface area contributed by atoms with E-state index in [2.05, 4.69) is 25.5 Å². The van der Waals surface area contributed by atoms with Crippen molar-refractivity contribution in [2.45, 2.75) is 31.6 Å². The van der Waals surface area contributed by atoms with Gasteiger partial charge in [-0.1, -0.05) is 17.3 Å². The van der Waals surface area contributed by atoms with Crippen molar-refractivity contribution in [3.63, 3.8) is 0 Å². The molecule has 0 unspecified atom stereocenters. The predicted octanol–water partition coefficient (Wildman–Crippen LogP) is 4.86. The first-order chi connectivity index (χ1) is 17.3. The molecule has 4 heterocycles. The number of hydrogen-bond donors (Lipinski definition) is 1. The fourth-order valence-electron chi connectivity index (χ4n) is 4.33. The van der Waals surface area contributed by atoms with Crippen molar-refractivity contribution in [2.75, 3.05) is 5.32 Å². The number of aromatic nitrogens is 6. The minimum absolute atomic E-state index is 0.206. The summed E-state index contributed by atoms with van der Waals surface area (Å²) in [6.45, 7) is 1.87. The van der Waals surface area contributed by atoms with Gasteiger partial charge in [-0.2, -0.15) is 10.1 Å². The number of fused-ring (bicyclic) bond motifs is 1. The maximum Gasteiger partial charge on any atom is 0.274 e. The van der Waals surface area contributed by atoms with Gasteiger partial charge in [-0.25, -0.2) is 13.8 Å². The van der Waals surface area contributed by atoms with Crippen molar-refractivity contribution in [1.82, 2.24) is 29.3 Å². The minimum Gasteiger partial charge on any atom is -0.339 e. The van der Waals surface area contributed by atoms with Crippen LogP contribution in [0.25, 0.3) is 28.2 Å². The van der Waals surface area contributed by atoms with Gasteiger partial charge in [0, 0.05) is 60.6 Å². The Balaban J connectivity index is 1.26. The molecule has 0 radical (unpaired) electrons. The zero-order chi connectivity index (χ0) is 25.0. The van der Waals surface area contributed by atoms with Gasteiger partial charge in [-0.3, -0.25) is 13.9 Å². The predicted molar refractivity (Wildman–Crippen MR) is 127 cm³/mol. The number of anilines is 1. The third kappa shape index (κ3) is 3.92. The normalized spacial score (nSPS) is 15.2. The molecule has 0 atom stereocenters. The number of hydrogen-bond acceptors (Lipinski definition) is 6. The minimum atomic E-state index is -2.67. The number of nitrogens with one attached hydrogen (secondary N) is 1. The average Bonchev–Trinajstić information content (AvgIpc) is 3.58. The van der Waals surface area contributed by atoms with Gasteiger partial charge in [0.05, 0.1) is 12.4 Å². The molecule has 9 nitrogen and oxygen atoms in total. The number of amides is 1. The Bertz CT molecular complexity index is 1610. The van der Waals surface area contributed by atoms with Crippen LogP contribution in [0.2, 0.25) is 0 Å².